The molecular formula is C35H32Cl2N4O3S. The second kappa shape index (κ2) is 13.0. The number of unbranched alkanes of at least 4 members (excludes halogenated alkanes) is 2. The Kier molecular flexibility index (Phi) is 8.90. The van der Waals surface area contributed by atoms with E-state index in [2.05, 4.69) is 48.0 Å². The molecule has 7 nitrogen and oxygen atoms in total. The van der Waals surface area contributed by atoms with Gasteiger partial charge in [0, 0.05) is 22.5 Å². The van der Waals surface area contributed by atoms with Gasteiger partial charge in [0.15, 0.2) is 0 Å². The fraction of sp³-hybridized carbons (Fsp3) is 0.171. The third kappa shape index (κ3) is 6.59. The van der Waals surface area contributed by atoms with Crippen LogP contribution in [0.3, 0.4) is 0 Å². The number of aliphatic hydroxyl groups is 1. The summed E-state index contributed by atoms with van der Waals surface area (Å²) in [4.78, 5) is 5.19. The van der Waals surface area contributed by atoms with Gasteiger partial charge in [-0.1, -0.05) is 104 Å². The van der Waals surface area contributed by atoms with Gasteiger partial charge in [0.2, 0.25) is 5.88 Å². The van der Waals surface area contributed by atoms with Gasteiger partial charge in [-0.05, 0) is 65.9 Å². The van der Waals surface area contributed by atoms with E-state index in [0.717, 1.165) is 45.9 Å². The van der Waals surface area contributed by atoms with Gasteiger partial charge in [-0.25, -0.2) is 14.0 Å². The third-order valence-electron chi connectivity index (χ3n) is 7.81. The molecule has 0 fully saturated rings. The van der Waals surface area contributed by atoms with Crippen LogP contribution in [0.1, 0.15) is 54.6 Å². The quantitative estimate of drug-likeness (QED) is 0.147. The maximum Gasteiger partial charge on any atom is 0.330 e. The molecule has 1 unspecified atom stereocenters. The summed E-state index contributed by atoms with van der Waals surface area (Å²) in [6.45, 7) is 2.21. The highest BCUT2D eigenvalue weighted by Gasteiger charge is 2.30. The summed E-state index contributed by atoms with van der Waals surface area (Å²) in [6, 6.07) is 31.3. The van der Waals surface area contributed by atoms with Gasteiger partial charge in [-0.2, -0.15) is 8.42 Å². The lowest BCUT2D eigenvalue weighted by Crippen LogP contribution is -2.29. The van der Waals surface area contributed by atoms with E-state index in [1.165, 1.54) is 18.4 Å². The van der Waals surface area contributed by atoms with E-state index >= 15 is 0 Å². The number of nitrogens with one attached hydrogen (secondary N) is 1. The first-order chi connectivity index (χ1) is 21.7. The van der Waals surface area contributed by atoms with E-state index < -0.39 is 16.1 Å². The van der Waals surface area contributed by atoms with Crippen LogP contribution in [0, 0.1) is 0 Å². The zero-order chi connectivity index (χ0) is 31.6. The molecule has 6 rings (SSSR count). The highest BCUT2D eigenvalue weighted by Crippen LogP contribution is 2.38. The number of anilines is 1. The van der Waals surface area contributed by atoms with Crippen molar-refractivity contribution in [3.8, 4) is 16.9 Å². The van der Waals surface area contributed by atoms with Crippen molar-refractivity contribution in [1.29, 1.82) is 0 Å². The Labute approximate surface area is 273 Å². The Bertz CT molecular complexity index is 1960. The molecule has 2 N–H and O–H groups in total. The molecule has 2 heterocycles. The molecule has 0 bridgehead atoms. The number of hydrogen-bond acceptors (Lipinski definition) is 4. The number of aliphatic hydroxyl groups excluding tert-OH is 1. The highest BCUT2D eigenvalue weighted by atomic mass is 35.5. The lowest BCUT2D eigenvalue weighted by molar-refractivity contribution is 0.392. The second-order valence-corrected chi connectivity index (χ2v) is 13.3. The van der Waals surface area contributed by atoms with Crippen molar-refractivity contribution in [3.63, 3.8) is 0 Å². The van der Waals surface area contributed by atoms with Crippen LogP contribution in [0.5, 0.6) is 0 Å². The number of hydrogen-bond donors (Lipinski definition) is 2. The van der Waals surface area contributed by atoms with E-state index in [1.807, 2.05) is 41.1 Å². The average Bonchev–Trinajstić information content (AvgIpc) is 3.58. The molecule has 0 amide bonds. The summed E-state index contributed by atoms with van der Waals surface area (Å²) in [5.41, 5.74) is 5.79. The standard InChI is InChI=1S/C35H32Cl2N4O3S/c1-2-3-5-9-24-14-16-26(17-15-24)34(25-10-6-4-7-11-25)35-38-32(30-19-18-27(36)20-31(30)37)22-40(35)28-12-8-13-29(21-28)41-23-33(42)39-45(41,43)44/h4,6-8,10-23,34,39,42H,2-3,5,9H2,1H3. The lowest BCUT2D eigenvalue weighted by Gasteiger charge is -2.21. The molecule has 5 aromatic rings. The minimum Gasteiger partial charge on any atom is -0.493 e. The number of halogens is 2. The fourth-order valence-corrected chi connectivity index (χ4v) is 7.16. The predicted octanol–water partition coefficient (Wildman–Crippen LogP) is 8.77. The second-order valence-electron chi connectivity index (χ2n) is 11.0. The highest BCUT2D eigenvalue weighted by molar-refractivity contribution is 7.91. The van der Waals surface area contributed by atoms with Gasteiger partial charge < -0.3 is 9.67 Å². The van der Waals surface area contributed by atoms with E-state index in [9.17, 15) is 13.5 Å². The minimum absolute atomic E-state index is 0.263. The Morgan fingerprint density at radius 3 is 2.29 bits per heavy atom. The van der Waals surface area contributed by atoms with Crippen molar-refractivity contribution in [1.82, 2.24) is 14.3 Å². The first kappa shape index (κ1) is 30.8. The normalized spacial score (nSPS) is 14.6. The Hall–Kier alpha value is -4.24. The van der Waals surface area contributed by atoms with E-state index in [4.69, 9.17) is 28.2 Å². The topological polar surface area (TPSA) is 87.5 Å². The first-order valence-electron chi connectivity index (χ1n) is 14.8. The molecular weight excluding hydrogens is 627 g/mol. The molecule has 1 atom stereocenters. The van der Waals surface area contributed by atoms with Crippen LogP contribution in [-0.4, -0.2) is 23.1 Å². The summed E-state index contributed by atoms with van der Waals surface area (Å²) < 4.78 is 30.5. The van der Waals surface area contributed by atoms with E-state index in [-0.39, 0.29) is 5.92 Å². The van der Waals surface area contributed by atoms with Crippen LogP contribution >= 0.6 is 23.2 Å². The van der Waals surface area contributed by atoms with Gasteiger partial charge in [0.05, 0.1) is 28.5 Å². The number of nitrogens with zero attached hydrogens (tertiary/aromatic N) is 3. The number of aromatic nitrogens is 2. The molecule has 0 radical (unpaired) electrons. The number of imidazole rings is 1. The molecule has 0 spiro atoms. The molecule has 0 aliphatic carbocycles. The van der Waals surface area contributed by atoms with Gasteiger partial charge in [0.25, 0.3) is 0 Å². The number of benzene rings is 4. The molecule has 0 saturated carbocycles. The smallest absolute Gasteiger partial charge is 0.330 e. The predicted molar refractivity (Wildman–Crippen MR) is 181 cm³/mol. The van der Waals surface area contributed by atoms with Crippen LogP contribution in [-0.2, 0) is 16.6 Å². The monoisotopic (exact) mass is 658 g/mol. The molecule has 1 aliphatic rings. The Morgan fingerprint density at radius 1 is 0.867 bits per heavy atom. The third-order valence-corrected chi connectivity index (χ3v) is 9.66. The van der Waals surface area contributed by atoms with Crippen molar-refractivity contribution >= 4 is 39.1 Å². The van der Waals surface area contributed by atoms with E-state index in [0.29, 0.717) is 27.1 Å². The molecule has 1 aliphatic heterocycles. The zero-order valence-corrected chi connectivity index (χ0v) is 26.9. The van der Waals surface area contributed by atoms with Gasteiger partial charge in [-0.15, -0.1) is 0 Å². The van der Waals surface area contributed by atoms with Crippen LogP contribution in [0.15, 0.2) is 115 Å². The van der Waals surface area contributed by atoms with Crippen LogP contribution in [0.25, 0.3) is 16.9 Å². The number of aryl methyl sites for hydroxylation is 1. The summed E-state index contributed by atoms with van der Waals surface area (Å²) in [7, 11) is -3.97. The lowest BCUT2D eigenvalue weighted by atomic mass is 9.89. The Balaban J connectivity index is 1.53. The van der Waals surface area contributed by atoms with Crippen LogP contribution in [0.4, 0.5) is 5.69 Å². The van der Waals surface area contributed by atoms with Crippen LogP contribution in [0.2, 0.25) is 10.0 Å². The molecule has 0 saturated heterocycles. The fourth-order valence-electron chi connectivity index (χ4n) is 5.61. The largest absolute Gasteiger partial charge is 0.493 e. The molecule has 45 heavy (non-hydrogen) atoms. The van der Waals surface area contributed by atoms with Crippen molar-refractivity contribution in [2.75, 3.05) is 4.31 Å². The number of rotatable bonds is 10. The summed E-state index contributed by atoms with van der Waals surface area (Å²) in [5.74, 6) is 0.00469. The summed E-state index contributed by atoms with van der Waals surface area (Å²) in [6.07, 6.45) is 7.60. The van der Waals surface area contributed by atoms with E-state index in [1.54, 1.807) is 30.3 Å². The van der Waals surface area contributed by atoms with Gasteiger partial charge in [-0.3, -0.25) is 0 Å². The zero-order valence-electron chi connectivity index (χ0n) is 24.6. The van der Waals surface area contributed by atoms with Gasteiger partial charge in [0.1, 0.15) is 5.82 Å². The molecule has 1 aromatic heterocycles. The summed E-state index contributed by atoms with van der Waals surface area (Å²) >= 11 is 12.9. The maximum atomic E-state index is 12.7. The van der Waals surface area contributed by atoms with Crippen molar-refractivity contribution in [3.05, 3.63) is 148 Å². The van der Waals surface area contributed by atoms with Crippen LogP contribution < -0.4 is 9.03 Å². The van der Waals surface area contributed by atoms with Crippen molar-refractivity contribution in [2.24, 2.45) is 0 Å². The van der Waals surface area contributed by atoms with Gasteiger partial charge >= 0.3 is 10.2 Å². The maximum absolute atomic E-state index is 12.7. The molecule has 10 heteroatoms. The summed E-state index contributed by atoms with van der Waals surface area (Å²) in [5, 5.41) is 10.9. The first-order valence-corrected chi connectivity index (χ1v) is 16.9. The van der Waals surface area contributed by atoms with Crippen molar-refractivity contribution < 1.29 is 13.5 Å². The molecule has 4 aromatic carbocycles. The Morgan fingerprint density at radius 2 is 1.60 bits per heavy atom. The molecule has 230 valence electrons. The minimum atomic E-state index is -3.97. The SMILES string of the molecule is CCCCCc1ccc(C(c2ccccc2)c2nc(-c3ccc(Cl)cc3Cl)cn2-c2cccc(N3C=C(O)NS3(=O)=O)c2)cc1. The average molecular weight is 660 g/mol. The van der Waals surface area contributed by atoms with Crippen molar-refractivity contribution in [2.45, 2.75) is 38.5 Å².